The first-order chi connectivity index (χ1) is 9.99. The van der Waals surface area contributed by atoms with Crippen LogP contribution in [0.5, 0.6) is 0 Å². The Bertz CT molecular complexity index is 516. The first kappa shape index (κ1) is 18.0. The predicted molar refractivity (Wildman–Crippen MR) is 84.7 cm³/mol. The number of carbonyl (C=O) groups is 2. The molecule has 0 heterocycles. The lowest BCUT2D eigenvalue weighted by molar-refractivity contribution is -0.109. The van der Waals surface area contributed by atoms with Gasteiger partial charge in [0.15, 0.2) is 10.9 Å². The zero-order valence-electron chi connectivity index (χ0n) is 12.1. The summed E-state index contributed by atoms with van der Waals surface area (Å²) in [7, 11) is -1.35. The Morgan fingerprint density at radius 1 is 1.29 bits per heavy atom. The van der Waals surface area contributed by atoms with Crippen LogP contribution in [0.25, 0.3) is 0 Å². The van der Waals surface area contributed by atoms with Gasteiger partial charge < -0.3 is 5.11 Å². The Kier molecular flexibility index (Phi) is 7.81. The van der Waals surface area contributed by atoms with Crippen molar-refractivity contribution >= 4 is 33.6 Å². The number of benzene rings is 1. The van der Waals surface area contributed by atoms with Crippen LogP contribution < -0.4 is 0 Å². The van der Waals surface area contributed by atoms with E-state index < -0.39 is 11.0 Å². The Morgan fingerprint density at radius 3 is 2.38 bits per heavy atom. The maximum atomic E-state index is 12.3. The van der Waals surface area contributed by atoms with E-state index in [1.54, 1.807) is 28.6 Å². The molecule has 1 atom stereocenters. The molecular weight excluding hydrogens is 310 g/mol. The van der Waals surface area contributed by atoms with Gasteiger partial charge in [-0.3, -0.25) is 9.59 Å². The highest BCUT2D eigenvalue weighted by Gasteiger charge is 2.14. The number of nitrogens with zero attached hydrogens (tertiary/aromatic N) is 1. The van der Waals surface area contributed by atoms with Crippen LogP contribution in [-0.2, 0) is 15.8 Å². The fourth-order valence-electron chi connectivity index (χ4n) is 1.63. The Labute approximate surface area is 131 Å². The first-order valence-corrected chi connectivity index (χ1v) is 8.63. The molecule has 116 valence electrons. The van der Waals surface area contributed by atoms with Gasteiger partial charge in [-0.15, -0.1) is 0 Å². The Hall–Kier alpha value is -1.02. The van der Waals surface area contributed by atoms with Gasteiger partial charge in [0.25, 0.3) is 0 Å². The lowest BCUT2D eigenvalue weighted by Crippen LogP contribution is -2.28. The minimum Gasteiger partial charge on any atom is -0.395 e. The summed E-state index contributed by atoms with van der Waals surface area (Å²) in [6.45, 7) is 4.12. The van der Waals surface area contributed by atoms with Gasteiger partial charge in [0.1, 0.15) is 11.0 Å². The van der Waals surface area contributed by atoms with Gasteiger partial charge >= 0.3 is 0 Å². The summed E-state index contributed by atoms with van der Waals surface area (Å²) in [6.07, 6.45) is 0. The number of hydrogen-bond acceptors (Lipinski definition) is 5. The molecule has 0 amide bonds. The van der Waals surface area contributed by atoms with E-state index in [1.165, 1.54) is 6.92 Å². The summed E-state index contributed by atoms with van der Waals surface area (Å²) in [5, 5.41) is 8.84. The predicted octanol–water partition coefficient (Wildman–Crippen LogP) is 1.49. The number of carbonyl (C=O) groups excluding carboxylic acids is 2. The molecule has 1 unspecified atom stereocenters. The molecule has 0 saturated carbocycles. The van der Waals surface area contributed by atoms with Crippen LogP contribution in [0.1, 0.15) is 24.2 Å². The average molecular weight is 329 g/mol. The summed E-state index contributed by atoms with van der Waals surface area (Å²) in [5.74, 6) is -0.0150. The quantitative estimate of drug-likeness (QED) is 0.731. The van der Waals surface area contributed by atoms with Crippen molar-refractivity contribution in [3.63, 3.8) is 0 Å². The first-order valence-electron chi connectivity index (χ1n) is 6.54. The largest absolute Gasteiger partial charge is 0.395 e. The van der Waals surface area contributed by atoms with E-state index in [-0.39, 0.29) is 23.3 Å². The molecule has 0 aliphatic rings. The minimum absolute atomic E-state index is 0.0571. The molecule has 0 saturated heterocycles. The van der Waals surface area contributed by atoms with Crippen molar-refractivity contribution in [3.05, 3.63) is 29.8 Å². The van der Waals surface area contributed by atoms with E-state index in [4.69, 9.17) is 5.11 Å². The minimum atomic E-state index is -1.35. The molecule has 21 heavy (non-hydrogen) atoms. The zero-order chi connectivity index (χ0) is 15.8. The molecule has 1 rings (SSSR count). The maximum Gasteiger partial charge on any atom is 0.186 e. The second kappa shape index (κ2) is 9.09. The van der Waals surface area contributed by atoms with Crippen molar-refractivity contribution in [3.8, 4) is 0 Å². The van der Waals surface area contributed by atoms with E-state index in [0.29, 0.717) is 23.5 Å². The van der Waals surface area contributed by atoms with E-state index in [2.05, 4.69) is 0 Å². The average Bonchev–Trinajstić information content (AvgIpc) is 2.49. The van der Waals surface area contributed by atoms with Crippen LogP contribution in [0.2, 0.25) is 0 Å². The van der Waals surface area contributed by atoms with Gasteiger partial charge in [0.05, 0.1) is 17.3 Å². The normalized spacial score (nSPS) is 12.4. The number of rotatable bonds is 8. The number of ketones is 1. The standard InChI is InChI=1S/C14H19NO4S2/c1-3-15(8-9-16)21(19)13-6-4-12(5-7-13)14(18)10-20-11(2)17/h4-7,16H,3,8-10H2,1-2H3. The fraction of sp³-hybridized carbons (Fsp3) is 0.429. The highest BCUT2D eigenvalue weighted by Crippen LogP contribution is 2.14. The van der Waals surface area contributed by atoms with E-state index >= 15 is 0 Å². The van der Waals surface area contributed by atoms with Crippen molar-refractivity contribution in [2.75, 3.05) is 25.4 Å². The number of aliphatic hydroxyl groups excluding tert-OH is 1. The lowest BCUT2D eigenvalue weighted by Gasteiger charge is -2.17. The summed E-state index contributed by atoms with van der Waals surface area (Å²) >= 11 is 0.975. The van der Waals surface area contributed by atoms with Crippen molar-refractivity contribution in [2.24, 2.45) is 0 Å². The second-order valence-electron chi connectivity index (χ2n) is 4.22. The third-order valence-electron chi connectivity index (χ3n) is 2.72. The zero-order valence-corrected chi connectivity index (χ0v) is 13.7. The molecule has 5 nitrogen and oxygen atoms in total. The van der Waals surface area contributed by atoms with Gasteiger partial charge in [-0.1, -0.05) is 30.8 Å². The number of hydrogen-bond donors (Lipinski definition) is 1. The highest BCUT2D eigenvalue weighted by atomic mass is 32.2. The number of likely N-dealkylation sites (N-methyl/N-ethyl adjacent to an activating group) is 1. The molecule has 0 fully saturated rings. The van der Waals surface area contributed by atoms with Crippen molar-refractivity contribution < 1.29 is 18.9 Å². The molecule has 0 aliphatic carbocycles. The molecule has 1 aromatic rings. The topological polar surface area (TPSA) is 74.7 Å². The third-order valence-corrected chi connectivity index (χ3v) is 5.12. The second-order valence-corrected chi connectivity index (χ2v) is 6.86. The lowest BCUT2D eigenvalue weighted by atomic mass is 10.1. The summed E-state index contributed by atoms with van der Waals surface area (Å²) in [4.78, 5) is 23.3. The van der Waals surface area contributed by atoms with Gasteiger partial charge in [0, 0.05) is 25.6 Å². The summed E-state index contributed by atoms with van der Waals surface area (Å²) in [5.41, 5.74) is 0.495. The molecule has 0 spiro atoms. The van der Waals surface area contributed by atoms with Gasteiger partial charge in [-0.05, 0) is 12.1 Å². The fourth-order valence-corrected chi connectivity index (χ4v) is 3.28. The van der Waals surface area contributed by atoms with E-state index in [0.717, 1.165) is 11.8 Å². The van der Waals surface area contributed by atoms with Crippen LogP contribution in [-0.4, -0.2) is 50.0 Å². The molecule has 0 bridgehead atoms. The molecule has 0 radical (unpaired) electrons. The highest BCUT2D eigenvalue weighted by molar-refractivity contribution is 8.14. The third kappa shape index (κ3) is 5.70. The molecule has 0 aromatic heterocycles. The van der Waals surface area contributed by atoms with E-state index in [9.17, 15) is 13.8 Å². The van der Waals surface area contributed by atoms with Gasteiger partial charge in [0.2, 0.25) is 0 Å². The Balaban J connectivity index is 2.75. The monoisotopic (exact) mass is 329 g/mol. The molecular formula is C14H19NO4S2. The molecule has 1 aromatic carbocycles. The number of thioether (sulfide) groups is 1. The van der Waals surface area contributed by atoms with Crippen LogP contribution in [0.3, 0.4) is 0 Å². The maximum absolute atomic E-state index is 12.3. The molecule has 1 N–H and O–H groups in total. The van der Waals surface area contributed by atoms with Crippen molar-refractivity contribution in [2.45, 2.75) is 18.7 Å². The van der Waals surface area contributed by atoms with Crippen molar-refractivity contribution in [1.29, 1.82) is 0 Å². The molecule has 7 heteroatoms. The van der Waals surface area contributed by atoms with Gasteiger partial charge in [-0.2, -0.15) is 0 Å². The van der Waals surface area contributed by atoms with Crippen LogP contribution in [0.4, 0.5) is 0 Å². The number of aliphatic hydroxyl groups is 1. The van der Waals surface area contributed by atoms with Gasteiger partial charge in [-0.25, -0.2) is 8.51 Å². The SMILES string of the molecule is CCN(CCO)S(=O)c1ccc(C(=O)CSC(C)=O)cc1. The van der Waals surface area contributed by atoms with Crippen LogP contribution in [0, 0.1) is 0 Å². The summed E-state index contributed by atoms with van der Waals surface area (Å²) in [6, 6.07) is 6.51. The van der Waals surface area contributed by atoms with Crippen molar-refractivity contribution in [1.82, 2.24) is 4.31 Å². The summed E-state index contributed by atoms with van der Waals surface area (Å²) < 4.78 is 13.9. The van der Waals surface area contributed by atoms with Crippen LogP contribution in [0.15, 0.2) is 29.2 Å². The smallest absolute Gasteiger partial charge is 0.186 e. The van der Waals surface area contributed by atoms with E-state index in [1.807, 2.05) is 6.92 Å². The molecule has 0 aliphatic heterocycles. The Morgan fingerprint density at radius 2 is 1.90 bits per heavy atom. The number of Topliss-reactive ketones (excluding diaryl/α,β-unsaturated/α-hetero) is 1. The van der Waals surface area contributed by atoms with Crippen LogP contribution >= 0.6 is 11.8 Å².